The van der Waals surface area contributed by atoms with E-state index in [0.717, 1.165) is 24.2 Å². The normalized spacial score (nSPS) is 11.7. The number of aryl methyl sites for hydroxylation is 2. The van der Waals surface area contributed by atoms with Gasteiger partial charge in [-0.05, 0) is 37.8 Å². The Balaban J connectivity index is 2.09. The van der Waals surface area contributed by atoms with Crippen molar-refractivity contribution >= 4 is 23.6 Å². The second-order valence-corrected chi connectivity index (χ2v) is 9.04. The van der Waals surface area contributed by atoms with E-state index < -0.39 is 6.04 Å². The van der Waals surface area contributed by atoms with E-state index in [4.69, 9.17) is 0 Å². The summed E-state index contributed by atoms with van der Waals surface area (Å²) in [6, 6.07) is 16.1. The fraction of sp³-hybridized carbons (Fsp3) is 0.462. The van der Waals surface area contributed by atoms with Crippen molar-refractivity contribution in [2.24, 2.45) is 0 Å². The standard InChI is InChI=1S/C26H36N2O2S/c1-5-7-15-27-26(30)24(6-2)28(17-22-13-11-20(3)12-14-22)25(29)19-31-18-23-10-8-9-21(4)16-23/h8-14,16,24H,5-7,15,17-19H2,1-4H3,(H,27,30)/t24-/m0/s1. The molecule has 0 heterocycles. The Hall–Kier alpha value is -2.27. The summed E-state index contributed by atoms with van der Waals surface area (Å²) in [4.78, 5) is 27.9. The molecule has 0 radical (unpaired) electrons. The van der Waals surface area contributed by atoms with Crippen molar-refractivity contribution in [2.45, 2.75) is 65.3 Å². The monoisotopic (exact) mass is 440 g/mol. The van der Waals surface area contributed by atoms with Crippen LogP contribution in [0.1, 0.15) is 55.4 Å². The van der Waals surface area contributed by atoms with Crippen LogP contribution in [-0.4, -0.2) is 35.1 Å². The third-order valence-electron chi connectivity index (χ3n) is 5.27. The number of nitrogens with zero attached hydrogens (tertiary/aromatic N) is 1. The predicted octanol–water partition coefficient (Wildman–Crippen LogP) is 5.26. The molecule has 1 atom stereocenters. The second kappa shape index (κ2) is 13.2. The summed E-state index contributed by atoms with van der Waals surface area (Å²) in [5, 5.41) is 3.01. The summed E-state index contributed by atoms with van der Waals surface area (Å²) in [6.45, 7) is 9.29. The summed E-state index contributed by atoms with van der Waals surface area (Å²) in [5.41, 5.74) is 4.66. The molecule has 2 rings (SSSR count). The first-order chi connectivity index (χ1) is 14.9. The highest BCUT2D eigenvalue weighted by molar-refractivity contribution is 7.99. The molecule has 2 aromatic rings. The summed E-state index contributed by atoms with van der Waals surface area (Å²) in [5.74, 6) is 1.10. The van der Waals surface area contributed by atoms with Gasteiger partial charge in [0.15, 0.2) is 0 Å². The molecule has 0 saturated heterocycles. The van der Waals surface area contributed by atoms with E-state index >= 15 is 0 Å². The van der Waals surface area contributed by atoms with Crippen LogP contribution >= 0.6 is 11.8 Å². The number of amides is 2. The van der Waals surface area contributed by atoms with Crippen LogP contribution in [0.5, 0.6) is 0 Å². The van der Waals surface area contributed by atoms with Crippen molar-refractivity contribution in [3.05, 3.63) is 70.8 Å². The van der Waals surface area contributed by atoms with E-state index in [2.05, 4.69) is 37.4 Å². The molecule has 0 aromatic heterocycles. The molecule has 2 aromatic carbocycles. The first kappa shape index (κ1) is 25.0. The molecule has 4 nitrogen and oxygen atoms in total. The maximum absolute atomic E-state index is 13.2. The van der Waals surface area contributed by atoms with E-state index in [1.807, 2.05) is 44.2 Å². The SMILES string of the molecule is CCCCNC(=O)[C@H](CC)N(Cc1ccc(C)cc1)C(=O)CSCc1cccc(C)c1. The van der Waals surface area contributed by atoms with Crippen LogP contribution in [0.15, 0.2) is 48.5 Å². The minimum atomic E-state index is -0.453. The Bertz CT molecular complexity index is 836. The first-order valence-electron chi connectivity index (χ1n) is 11.2. The molecular formula is C26H36N2O2S. The quantitative estimate of drug-likeness (QED) is 0.458. The Kier molecular flexibility index (Phi) is 10.6. The second-order valence-electron chi connectivity index (χ2n) is 8.06. The molecule has 5 heteroatoms. The van der Waals surface area contributed by atoms with Gasteiger partial charge in [0, 0.05) is 18.8 Å². The molecule has 31 heavy (non-hydrogen) atoms. The summed E-state index contributed by atoms with van der Waals surface area (Å²) < 4.78 is 0. The fourth-order valence-electron chi connectivity index (χ4n) is 3.46. The minimum Gasteiger partial charge on any atom is -0.354 e. The molecule has 2 amide bonds. The number of hydrogen-bond acceptors (Lipinski definition) is 3. The van der Waals surface area contributed by atoms with Crippen molar-refractivity contribution in [2.75, 3.05) is 12.3 Å². The minimum absolute atomic E-state index is 0.00993. The zero-order valence-corrected chi connectivity index (χ0v) is 20.1. The molecule has 0 unspecified atom stereocenters. The van der Waals surface area contributed by atoms with Gasteiger partial charge < -0.3 is 10.2 Å². The molecule has 0 aliphatic carbocycles. The average Bonchev–Trinajstić information content (AvgIpc) is 2.75. The zero-order valence-electron chi connectivity index (χ0n) is 19.3. The third kappa shape index (κ3) is 8.41. The molecule has 0 bridgehead atoms. The number of rotatable bonds is 12. The van der Waals surface area contributed by atoms with E-state index in [-0.39, 0.29) is 11.8 Å². The lowest BCUT2D eigenvalue weighted by atomic mass is 10.1. The van der Waals surface area contributed by atoms with Crippen molar-refractivity contribution in [1.82, 2.24) is 10.2 Å². The van der Waals surface area contributed by atoms with Crippen LogP contribution in [0.25, 0.3) is 0 Å². The molecule has 0 spiro atoms. The van der Waals surface area contributed by atoms with Gasteiger partial charge in [-0.2, -0.15) is 0 Å². The van der Waals surface area contributed by atoms with Crippen LogP contribution in [-0.2, 0) is 21.9 Å². The molecule has 1 N–H and O–H groups in total. The van der Waals surface area contributed by atoms with Crippen LogP contribution in [0.4, 0.5) is 0 Å². The van der Waals surface area contributed by atoms with Gasteiger partial charge >= 0.3 is 0 Å². The smallest absolute Gasteiger partial charge is 0.242 e. The number of thioether (sulfide) groups is 1. The molecule has 0 aliphatic rings. The fourth-order valence-corrected chi connectivity index (χ4v) is 4.31. The summed E-state index contributed by atoms with van der Waals surface area (Å²) in [7, 11) is 0. The number of benzene rings is 2. The van der Waals surface area contributed by atoms with Crippen molar-refractivity contribution in [3.63, 3.8) is 0 Å². The number of unbranched alkanes of at least 4 members (excludes halogenated alkanes) is 1. The van der Waals surface area contributed by atoms with Gasteiger partial charge in [0.1, 0.15) is 6.04 Å². The highest BCUT2D eigenvalue weighted by Crippen LogP contribution is 2.18. The Morgan fingerprint density at radius 3 is 2.39 bits per heavy atom. The summed E-state index contributed by atoms with van der Waals surface area (Å²) >= 11 is 1.60. The Morgan fingerprint density at radius 1 is 1.00 bits per heavy atom. The van der Waals surface area contributed by atoms with Crippen molar-refractivity contribution < 1.29 is 9.59 Å². The highest BCUT2D eigenvalue weighted by Gasteiger charge is 2.28. The number of carbonyl (C=O) groups excluding carboxylic acids is 2. The van der Waals surface area contributed by atoms with Gasteiger partial charge in [0.2, 0.25) is 11.8 Å². The van der Waals surface area contributed by atoms with E-state index in [1.165, 1.54) is 16.7 Å². The van der Waals surface area contributed by atoms with Crippen molar-refractivity contribution in [3.8, 4) is 0 Å². The maximum Gasteiger partial charge on any atom is 0.242 e. The zero-order chi connectivity index (χ0) is 22.6. The number of hydrogen-bond donors (Lipinski definition) is 1. The first-order valence-corrected chi connectivity index (χ1v) is 12.4. The maximum atomic E-state index is 13.2. The largest absolute Gasteiger partial charge is 0.354 e. The van der Waals surface area contributed by atoms with Gasteiger partial charge in [-0.3, -0.25) is 9.59 Å². The van der Waals surface area contributed by atoms with Crippen LogP contribution in [0.2, 0.25) is 0 Å². The van der Waals surface area contributed by atoms with Gasteiger partial charge in [0.25, 0.3) is 0 Å². The van der Waals surface area contributed by atoms with Crippen LogP contribution in [0.3, 0.4) is 0 Å². The van der Waals surface area contributed by atoms with E-state index in [1.54, 1.807) is 16.7 Å². The van der Waals surface area contributed by atoms with Gasteiger partial charge in [-0.15, -0.1) is 11.8 Å². The van der Waals surface area contributed by atoms with Gasteiger partial charge in [-0.25, -0.2) is 0 Å². The number of nitrogens with one attached hydrogen (secondary N) is 1. The molecule has 0 saturated carbocycles. The third-order valence-corrected chi connectivity index (χ3v) is 6.25. The van der Waals surface area contributed by atoms with Crippen LogP contribution in [0, 0.1) is 13.8 Å². The molecule has 0 aliphatic heterocycles. The predicted molar refractivity (Wildman–Crippen MR) is 131 cm³/mol. The number of carbonyl (C=O) groups is 2. The van der Waals surface area contributed by atoms with Gasteiger partial charge in [0.05, 0.1) is 5.75 Å². The van der Waals surface area contributed by atoms with E-state index in [9.17, 15) is 9.59 Å². The van der Waals surface area contributed by atoms with Crippen molar-refractivity contribution in [1.29, 1.82) is 0 Å². The lowest BCUT2D eigenvalue weighted by Crippen LogP contribution is -2.49. The van der Waals surface area contributed by atoms with Gasteiger partial charge in [-0.1, -0.05) is 79.9 Å². The average molecular weight is 441 g/mol. The highest BCUT2D eigenvalue weighted by atomic mass is 32.2. The summed E-state index contributed by atoms with van der Waals surface area (Å²) in [6.07, 6.45) is 2.57. The lowest BCUT2D eigenvalue weighted by molar-refractivity contribution is -0.139. The van der Waals surface area contributed by atoms with E-state index in [0.29, 0.717) is 25.3 Å². The van der Waals surface area contributed by atoms with Crippen LogP contribution < -0.4 is 5.32 Å². The lowest BCUT2D eigenvalue weighted by Gasteiger charge is -2.30. The molecule has 0 fully saturated rings. The molecular weight excluding hydrogens is 404 g/mol. The Labute approximate surface area is 191 Å². The molecule has 168 valence electrons. The topological polar surface area (TPSA) is 49.4 Å². The Morgan fingerprint density at radius 2 is 1.74 bits per heavy atom.